The molecular formula is C20H24N2O6S. The van der Waals surface area contributed by atoms with E-state index in [-0.39, 0.29) is 22.3 Å². The van der Waals surface area contributed by atoms with Gasteiger partial charge in [0.05, 0.1) is 12.0 Å². The second-order valence-electron chi connectivity index (χ2n) is 6.48. The summed E-state index contributed by atoms with van der Waals surface area (Å²) in [7, 11) is -2.68. The molecule has 0 bridgehead atoms. The number of methoxy groups -OCH3 is 1. The number of nitrogens with one attached hydrogen (secondary N) is 1. The number of rotatable bonds is 9. The fourth-order valence-corrected chi connectivity index (χ4v) is 3.19. The minimum Gasteiger partial charge on any atom is -0.496 e. The Bertz CT molecular complexity index is 960. The van der Waals surface area contributed by atoms with Gasteiger partial charge in [0.1, 0.15) is 11.3 Å². The lowest BCUT2D eigenvalue weighted by Gasteiger charge is -2.14. The Morgan fingerprint density at radius 1 is 1.14 bits per heavy atom. The van der Waals surface area contributed by atoms with Crippen LogP contribution in [0.2, 0.25) is 0 Å². The van der Waals surface area contributed by atoms with E-state index in [1.807, 2.05) is 37.3 Å². The predicted octanol–water partition coefficient (Wildman–Crippen LogP) is 1.64. The molecule has 0 saturated heterocycles. The number of hydrogen-bond donors (Lipinski definition) is 2. The number of sulfonamides is 1. The number of hydrogen-bond acceptors (Lipinski definition) is 6. The van der Waals surface area contributed by atoms with Crippen molar-refractivity contribution in [3.05, 3.63) is 59.7 Å². The second kappa shape index (κ2) is 10.0. The Hall–Kier alpha value is -2.91. The standard InChI is InChI=1S/C20H24N2O6S/c1-14(8-9-15-6-4-3-5-7-15)22-19(23)13-28-20(24)17-12-16(29(21,25)26)10-11-18(17)27-2/h3-7,10-12,14H,8-9,13H2,1-2H3,(H,22,23)(H2,21,25,26)/t14-/m1/s1. The van der Waals surface area contributed by atoms with Gasteiger partial charge in [0, 0.05) is 6.04 Å². The summed E-state index contributed by atoms with van der Waals surface area (Å²) in [6.07, 6.45) is 1.54. The first-order valence-corrected chi connectivity index (χ1v) is 10.5. The van der Waals surface area contributed by atoms with E-state index in [1.54, 1.807) is 0 Å². The first kappa shape index (κ1) is 22.4. The Morgan fingerprint density at radius 3 is 2.45 bits per heavy atom. The maximum Gasteiger partial charge on any atom is 0.342 e. The van der Waals surface area contributed by atoms with Gasteiger partial charge in [-0.2, -0.15) is 0 Å². The van der Waals surface area contributed by atoms with Crippen molar-refractivity contribution in [2.75, 3.05) is 13.7 Å². The van der Waals surface area contributed by atoms with Crippen molar-refractivity contribution in [2.24, 2.45) is 5.14 Å². The molecule has 29 heavy (non-hydrogen) atoms. The van der Waals surface area contributed by atoms with Crippen LogP contribution in [0.25, 0.3) is 0 Å². The molecule has 0 saturated carbocycles. The molecule has 8 nitrogen and oxygen atoms in total. The first-order valence-electron chi connectivity index (χ1n) is 8.92. The van der Waals surface area contributed by atoms with E-state index in [0.717, 1.165) is 18.9 Å². The summed E-state index contributed by atoms with van der Waals surface area (Å²) < 4.78 is 33.0. The highest BCUT2D eigenvalue weighted by Crippen LogP contribution is 2.22. The largest absolute Gasteiger partial charge is 0.496 e. The molecule has 0 heterocycles. The monoisotopic (exact) mass is 420 g/mol. The van der Waals surface area contributed by atoms with Gasteiger partial charge in [-0.25, -0.2) is 18.4 Å². The van der Waals surface area contributed by atoms with Gasteiger partial charge in [-0.1, -0.05) is 30.3 Å². The number of esters is 1. The normalized spacial score (nSPS) is 12.1. The molecular weight excluding hydrogens is 396 g/mol. The number of carbonyl (C=O) groups excluding carboxylic acids is 2. The van der Waals surface area contributed by atoms with Gasteiger partial charge >= 0.3 is 5.97 Å². The lowest BCUT2D eigenvalue weighted by atomic mass is 10.1. The summed E-state index contributed by atoms with van der Waals surface area (Å²) in [6, 6.07) is 13.3. The van der Waals surface area contributed by atoms with Crippen molar-refractivity contribution < 1.29 is 27.5 Å². The van der Waals surface area contributed by atoms with Crippen LogP contribution in [0, 0.1) is 0 Å². The van der Waals surface area contributed by atoms with Crippen LogP contribution in [-0.2, 0) is 26.0 Å². The topological polar surface area (TPSA) is 125 Å². The van der Waals surface area contributed by atoms with Gasteiger partial charge in [-0.05, 0) is 43.5 Å². The van der Waals surface area contributed by atoms with Gasteiger partial charge in [-0.3, -0.25) is 4.79 Å². The fourth-order valence-electron chi connectivity index (χ4n) is 2.65. The van der Waals surface area contributed by atoms with Crippen LogP contribution in [0.15, 0.2) is 53.4 Å². The summed E-state index contributed by atoms with van der Waals surface area (Å²) in [5.74, 6) is -1.24. The van der Waals surface area contributed by atoms with E-state index < -0.39 is 28.5 Å². The second-order valence-corrected chi connectivity index (χ2v) is 8.04. The molecule has 0 aromatic heterocycles. The Balaban J connectivity index is 1.90. The SMILES string of the molecule is COc1ccc(S(N)(=O)=O)cc1C(=O)OCC(=O)N[C@H](C)CCc1ccccc1. The zero-order valence-corrected chi connectivity index (χ0v) is 17.1. The van der Waals surface area contributed by atoms with E-state index in [9.17, 15) is 18.0 Å². The highest BCUT2D eigenvalue weighted by atomic mass is 32.2. The fraction of sp³-hybridized carbons (Fsp3) is 0.300. The molecule has 0 fully saturated rings. The number of primary sulfonamides is 1. The minimum absolute atomic E-state index is 0.110. The van der Waals surface area contributed by atoms with Crippen molar-refractivity contribution in [3.8, 4) is 5.75 Å². The quantitative estimate of drug-likeness (QED) is 0.594. The minimum atomic E-state index is -4.00. The molecule has 9 heteroatoms. The van der Waals surface area contributed by atoms with E-state index in [2.05, 4.69) is 5.32 Å². The molecule has 2 rings (SSSR count). The van der Waals surface area contributed by atoms with Gasteiger partial charge in [0.2, 0.25) is 10.0 Å². The van der Waals surface area contributed by atoms with Crippen LogP contribution in [0.1, 0.15) is 29.3 Å². The Morgan fingerprint density at radius 2 is 1.83 bits per heavy atom. The van der Waals surface area contributed by atoms with Gasteiger partial charge in [0.25, 0.3) is 5.91 Å². The Labute approximate surface area is 170 Å². The van der Waals surface area contributed by atoms with Crippen LogP contribution in [0.5, 0.6) is 5.75 Å². The molecule has 0 radical (unpaired) electrons. The molecule has 0 aliphatic heterocycles. The summed E-state index contributed by atoms with van der Waals surface area (Å²) in [6.45, 7) is 1.36. The molecule has 3 N–H and O–H groups in total. The zero-order chi connectivity index (χ0) is 21.4. The van der Waals surface area contributed by atoms with Gasteiger partial charge in [0.15, 0.2) is 6.61 Å². The Kier molecular flexibility index (Phi) is 7.74. The first-order chi connectivity index (χ1) is 13.7. The van der Waals surface area contributed by atoms with E-state index in [0.29, 0.717) is 0 Å². The molecule has 0 spiro atoms. The number of aryl methyl sites for hydroxylation is 1. The van der Waals surface area contributed by atoms with Crippen molar-refractivity contribution >= 4 is 21.9 Å². The summed E-state index contributed by atoms with van der Waals surface area (Å²) >= 11 is 0. The summed E-state index contributed by atoms with van der Waals surface area (Å²) in [5, 5.41) is 7.84. The zero-order valence-electron chi connectivity index (χ0n) is 16.3. The van der Waals surface area contributed by atoms with E-state index in [1.165, 1.54) is 24.8 Å². The highest BCUT2D eigenvalue weighted by Gasteiger charge is 2.19. The molecule has 0 aliphatic carbocycles. The maximum absolute atomic E-state index is 12.3. The van der Waals surface area contributed by atoms with Crippen molar-refractivity contribution in [1.82, 2.24) is 5.32 Å². The number of nitrogens with two attached hydrogens (primary N) is 1. The van der Waals surface area contributed by atoms with Crippen LogP contribution in [0.3, 0.4) is 0 Å². The molecule has 0 aliphatic rings. The maximum atomic E-state index is 12.3. The average Bonchev–Trinajstić information content (AvgIpc) is 2.70. The van der Waals surface area contributed by atoms with Gasteiger partial charge < -0.3 is 14.8 Å². The predicted molar refractivity (Wildman–Crippen MR) is 107 cm³/mol. The molecule has 1 atom stereocenters. The molecule has 0 unspecified atom stereocenters. The smallest absolute Gasteiger partial charge is 0.342 e. The third-order valence-electron chi connectivity index (χ3n) is 4.17. The van der Waals surface area contributed by atoms with Crippen LogP contribution in [0.4, 0.5) is 0 Å². The molecule has 2 aromatic carbocycles. The molecule has 2 aromatic rings. The number of carbonyl (C=O) groups is 2. The average molecular weight is 420 g/mol. The van der Waals surface area contributed by atoms with E-state index in [4.69, 9.17) is 14.6 Å². The van der Waals surface area contributed by atoms with Crippen molar-refractivity contribution in [3.63, 3.8) is 0 Å². The third-order valence-corrected chi connectivity index (χ3v) is 5.08. The van der Waals surface area contributed by atoms with Crippen molar-refractivity contribution in [1.29, 1.82) is 0 Å². The lowest BCUT2D eigenvalue weighted by molar-refractivity contribution is -0.124. The number of benzene rings is 2. The summed E-state index contributed by atoms with van der Waals surface area (Å²) in [4.78, 5) is 24.1. The van der Waals surface area contributed by atoms with E-state index >= 15 is 0 Å². The third kappa shape index (κ3) is 6.88. The number of ether oxygens (including phenoxy) is 2. The van der Waals surface area contributed by atoms with Crippen LogP contribution >= 0.6 is 0 Å². The lowest BCUT2D eigenvalue weighted by Crippen LogP contribution is -2.36. The summed E-state index contributed by atoms with van der Waals surface area (Å²) in [5.41, 5.74) is 1.03. The van der Waals surface area contributed by atoms with Gasteiger partial charge in [-0.15, -0.1) is 0 Å². The van der Waals surface area contributed by atoms with Crippen LogP contribution in [-0.4, -0.2) is 40.1 Å². The number of amides is 1. The highest BCUT2D eigenvalue weighted by molar-refractivity contribution is 7.89. The van der Waals surface area contributed by atoms with Crippen molar-refractivity contribution in [2.45, 2.75) is 30.7 Å². The molecule has 1 amide bonds. The van der Waals surface area contributed by atoms with Crippen LogP contribution < -0.4 is 15.2 Å². The molecule has 156 valence electrons.